The van der Waals surface area contributed by atoms with Crippen LogP contribution in [0.15, 0.2) is 53.1 Å². The molecule has 2 N–H and O–H groups in total. The van der Waals surface area contributed by atoms with Gasteiger partial charge < -0.3 is 14.9 Å². The van der Waals surface area contributed by atoms with Gasteiger partial charge in [-0.2, -0.15) is 0 Å². The zero-order valence-electron chi connectivity index (χ0n) is 12.6. The van der Waals surface area contributed by atoms with Crippen LogP contribution in [0.25, 0.3) is 28.1 Å². The first-order valence-electron chi connectivity index (χ1n) is 7.45. The SMILES string of the molecule is C[C@H](CN)Oc1ccc2ncc(-c3cc4ccccc4o3)n2n1. The predicted octanol–water partition coefficient (Wildman–Crippen LogP) is 2.87. The van der Waals surface area contributed by atoms with E-state index in [1.54, 1.807) is 16.8 Å². The summed E-state index contributed by atoms with van der Waals surface area (Å²) in [6, 6.07) is 13.5. The highest BCUT2D eigenvalue weighted by molar-refractivity contribution is 5.82. The summed E-state index contributed by atoms with van der Waals surface area (Å²) in [5.41, 5.74) is 7.93. The number of nitrogens with two attached hydrogens (primary N) is 1. The molecule has 0 aliphatic carbocycles. The number of benzene rings is 1. The molecule has 1 atom stereocenters. The molecule has 0 spiro atoms. The highest BCUT2D eigenvalue weighted by Gasteiger charge is 2.13. The summed E-state index contributed by atoms with van der Waals surface area (Å²) < 4.78 is 13.3. The highest BCUT2D eigenvalue weighted by Crippen LogP contribution is 2.28. The maximum absolute atomic E-state index is 5.90. The fourth-order valence-corrected chi connectivity index (χ4v) is 2.45. The van der Waals surface area contributed by atoms with Gasteiger partial charge in [0.05, 0.1) is 6.20 Å². The molecule has 4 rings (SSSR count). The van der Waals surface area contributed by atoms with E-state index in [2.05, 4.69) is 10.1 Å². The molecule has 6 heteroatoms. The molecular formula is C17H16N4O2. The minimum absolute atomic E-state index is 0.0990. The Morgan fingerprint density at radius 2 is 2.13 bits per heavy atom. The van der Waals surface area contributed by atoms with Crippen molar-refractivity contribution in [3.8, 4) is 17.3 Å². The lowest BCUT2D eigenvalue weighted by Crippen LogP contribution is -2.23. The number of aromatic nitrogens is 3. The maximum Gasteiger partial charge on any atom is 0.232 e. The number of hydrogen-bond acceptors (Lipinski definition) is 5. The first kappa shape index (κ1) is 13.8. The molecule has 0 saturated heterocycles. The number of fused-ring (bicyclic) bond motifs is 2. The van der Waals surface area contributed by atoms with Crippen LogP contribution >= 0.6 is 0 Å². The average molecular weight is 308 g/mol. The molecule has 4 aromatic rings. The first-order valence-corrected chi connectivity index (χ1v) is 7.45. The van der Waals surface area contributed by atoms with Crippen LogP contribution in [-0.2, 0) is 0 Å². The molecular weight excluding hydrogens is 292 g/mol. The Morgan fingerprint density at radius 3 is 2.96 bits per heavy atom. The Bertz CT molecular complexity index is 940. The van der Waals surface area contributed by atoms with Crippen molar-refractivity contribution in [2.75, 3.05) is 6.54 Å². The van der Waals surface area contributed by atoms with E-state index in [9.17, 15) is 0 Å². The molecule has 0 bridgehead atoms. The topological polar surface area (TPSA) is 78.6 Å². The van der Waals surface area contributed by atoms with Crippen LogP contribution in [0.2, 0.25) is 0 Å². The number of para-hydroxylation sites is 1. The minimum atomic E-state index is -0.0990. The minimum Gasteiger partial charge on any atom is -0.472 e. The number of nitrogens with zero attached hydrogens (tertiary/aromatic N) is 3. The molecule has 0 fully saturated rings. The monoisotopic (exact) mass is 308 g/mol. The molecule has 3 aromatic heterocycles. The Hall–Kier alpha value is -2.86. The van der Waals surface area contributed by atoms with Gasteiger partial charge in [-0.25, -0.2) is 9.50 Å². The molecule has 0 unspecified atom stereocenters. The second-order valence-electron chi connectivity index (χ2n) is 5.40. The van der Waals surface area contributed by atoms with E-state index in [-0.39, 0.29) is 6.10 Å². The highest BCUT2D eigenvalue weighted by atomic mass is 16.5. The van der Waals surface area contributed by atoms with Crippen molar-refractivity contribution in [1.29, 1.82) is 0 Å². The van der Waals surface area contributed by atoms with E-state index < -0.39 is 0 Å². The van der Waals surface area contributed by atoms with Gasteiger partial charge in [0.25, 0.3) is 0 Å². The summed E-state index contributed by atoms with van der Waals surface area (Å²) in [4.78, 5) is 4.37. The van der Waals surface area contributed by atoms with E-state index in [1.165, 1.54) is 0 Å². The molecule has 0 amide bonds. The summed E-state index contributed by atoms with van der Waals surface area (Å²) in [6.07, 6.45) is 1.65. The molecule has 23 heavy (non-hydrogen) atoms. The first-order chi connectivity index (χ1) is 11.2. The van der Waals surface area contributed by atoms with Crippen molar-refractivity contribution < 1.29 is 9.15 Å². The summed E-state index contributed by atoms with van der Waals surface area (Å²) in [6.45, 7) is 2.33. The third-order valence-electron chi connectivity index (χ3n) is 3.67. The van der Waals surface area contributed by atoms with Crippen molar-refractivity contribution in [3.05, 3.63) is 48.7 Å². The van der Waals surface area contributed by atoms with E-state index >= 15 is 0 Å². The van der Waals surface area contributed by atoms with Crippen LogP contribution < -0.4 is 10.5 Å². The molecule has 0 radical (unpaired) electrons. The standard InChI is InChI=1S/C17H16N4O2/c1-11(9-18)22-17-7-6-16-19-10-13(21(16)20-17)15-8-12-4-2-3-5-14(12)23-15/h2-8,10-11H,9,18H2,1H3/t11-/m1/s1. The molecule has 0 aliphatic rings. The summed E-state index contributed by atoms with van der Waals surface area (Å²) in [5, 5.41) is 5.53. The van der Waals surface area contributed by atoms with Gasteiger partial charge in [-0.3, -0.25) is 0 Å². The number of furan rings is 1. The van der Waals surface area contributed by atoms with Crippen molar-refractivity contribution >= 4 is 16.6 Å². The van der Waals surface area contributed by atoms with Gasteiger partial charge >= 0.3 is 0 Å². The van der Waals surface area contributed by atoms with Gasteiger partial charge in [0, 0.05) is 18.0 Å². The van der Waals surface area contributed by atoms with Crippen LogP contribution in [-0.4, -0.2) is 27.2 Å². The number of ether oxygens (including phenoxy) is 1. The van der Waals surface area contributed by atoms with Gasteiger partial charge in [0.2, 0.25) is 5.88 Å². The van der Waals surface area contributed by atoms with Gasteiger partial charge in [-0.1, -0.05) is 18.2 Å². The Morgan fingerprint density at radius 1 is 1.26 bits per heavy atom. The van der Waals surface area contributed by atoms with Crippen molar-refractivity contribution in [2.45, 2.75) is 13.0 Å². The maximum atomic E-state index is 5.90. The van der Waals surface area contributed by atoms with Crippen LogP contribution in [0.5, 0.6) is 5.88 Å². The van der Waals surface area contributed by atoms with Gasteiger partial charge in [0.1, 0.15) is 17.4 Å². The lowest BCUT2D eigenvalue weighted by Gasteiger charge is -2.11. The van der Waals surface area contributed by atoms with E-state index in [0.29, 0.717) is 12.4 Å². The summed E-state index contributed by atoms with van der Waals surface area (Å²) >= 11 is 0. The molecule has 1 aromatic carbocycles. The molecule has 3 heterocycles. The van der Waals surface area contributed by atoms with Crippen LogP contribution in [0.3, 0.4) is 0 Å². The van der Waals surface area contributed by atoms with E-state index in [0.717, 1.165) is 28.1 Å². The largest absolute Gasteiger partial charge is 0.472 e. The molecule has 0 saturated carbocycles. The third-order valence-corrected chi connectivity index (χ3v) is 3.67. The van der Waals surface area contributed by atoms with Crippen molar-refractivity contribution in [1.82, 2.24) is 14.6 Å². The second-order valence-corrected chi connectivity index (χ2v) is 5.40. The predicted molar refractivity (Wildman–Crippen MR) is 87.3 cm³/mol. The van der Waals surface area contributed by atoms with Crippen molar-refractivity contribution in [2.24, 2.45) is 5.73 Å². The normalized spacial score (nSPS) is 12.8. The number of rotatable bonds is 4. The fourth-order valence-electron chi connectivity index (χ4n) is 2.45. The zero-order chi connectivity index (χ0) is 15.8. The van der Waals surface area contributed by atoms with E-state index in [1.807, 2.05) is 43.3 Å². The quantitative estimate of drug-likeness (QED) is 0.627. The van der Waals surface area contributed by atoms with Crippen LogP contribution in [0.1, 0.15) is 6.92 Å². The number of hydrogen-bond donors (Lipinski definition) is 1. The van der Waals surface area contributed by atoms with Gasteiger partial charge in [-0.15, -0.1) is 5.10 Å². The molecule has 0 aliphatic heterocycles. The Kier molecular flexibility index (Phi) is 3.24. The third kappa shape index (κ3) is 2.43. The van der Waals surface area contributed by atoms with Crippen molar-refractivity contribution in [3.63, 3.8) is 0 Å². The Balaban J connectivity index is 1.81. The average Bonchev–Trinajstić information content (AvgIpc) is 3.17. The summed E-state index contributed by atoms with van der Waals surface area (Å²) in [5.74, 6) is 1.22. The Labute approximate surface area is 132 Å². The number of imidazole rings is 1. The fraction of sp³-hybridized carbons (Fsp3) is 0.176. The molecule has 116 valence electrons. The van der Waals surface area contributed by atoms with Crippen LogP contribution in [0.4, 0.5) is 0 Å². The summed E-state index contributed by atoms with van der Waals surface area (Å²) in [7, 11) is 0. The zero-order valence-corrected chi connectivity index (χ0v) is 12.6. The van der Waals surface area contributed by atoms with Gasteiger partial charge in [-0.05, 0) is 25.1 Å². The molecule has 6 nitrogen and oxygen atoms in total. The van der Waals surface area contributed by atoms with E-state index in [4.69, 9.17) is 14.9 Å². The lowest BCUT2D eigenvalue weighted by molar-refractivity contribution is 0.217. The smallest absolute Gasteiger partial charge is 0.232 e. The lowest BCUT2D eigenvalue weighted by atomic mass is 10.2. The van der Waals surface area contributed by atoms with Gasteiger partial charge in [0.15, 0.2) is 11.4 Å². The van der Waals surface area contributed by atoms with Crippen LogP contribution in [0, 0.1) is 0 Å². The second kappa shape index (κ2) is 5.40.